The molecular weight excluding hydrogens is 518 g/mol. The Labute approximate surface area is 248 Å². The first-order valence-electron chi connectivity index (χ1n) is 21.1. The first-order chi connectivity index (χ1) is 21.3. The Kier molecular flexibility index (Phi) is 0.981. The molecule has 28 aliphatic rings. The molecule has 16 spiro atoms. The summed E-state index contributed by atoms with van der Waals surface area (Å²) < 4.78 is 0. The molecule has 206 valence electrons. The van der Waals surface area contributed by atoms with Crippen molar-refractivity contribution in [1.29, 1.82) is 0 Å². The van der Waals surface area contributed by atoms with Gasteiger partial charge in [0.25, 0.3) is 0 Å². The standard InChI is InChI=1S/C42H33N/c1-2-43-42-26-19-15-11-3-7-8-4-12-16-20-24-23-21-17-13-5-9-10-6-14-18-22-25(26)41(42)38(22)36(18)31(10,14)30(9,13)35(17,36)37(21,38)39(23,41)40(24,42)33(20)27(1,19)32(15)28(7,11)29(8,12)34(16,32)33/h7-26,43H,1-6H2. The SMILES string of the molecule is C1CC23C4C5C6C7C8C9CC%10C%11CC%12C%13C%14C%15C%16C%17C%18C%19CC%20C%21CC%22C4C24C%21%22C%20%19C%184C%173C%162C5(N1)C61C%152C%142C%133C%11%12C%109C83C712. The van der Waals surface area contributed by atoms with Crippen molar-refractivity contribution in [2.45, 2.75) is 37.6 Å². The molecule has 0 aromatic rings. The summed E-state index contributed by atoms with van der Waals surface area (Å²) in [7, 11) is 0. The van der Waals surface area contributed by atoms with E-state index in [0.717, 1.165) is 86.8 Å². The highest BCUT2D eigenvalue weighted by atomic mass is 15.6. The zero-order chi connectivity index (χ0) is 24.5. The van der Waals surface area contributed by atoms with Gasteiger partial charge in [-0.1, -0.05) is 0 Å². The summed E-state index contributed by atoms with van der Waals surface area (Å²) in [5.41, 5.74) is 16.2. The predicted octanol–water partition coefficient (Wildman–Crippen LogP) is 3.75. The number of hydrogen-bond acceptors (Lipinski definition) is 1. The smallest absolute Gasteiger partial charge is 0.0357 e. The molecule has 0 aromatic heterocycles. The highest BCUT2D eigenvalue weighted by Gasteiger charge is 3.50. The molecule has 1 nitrogen and oxygen atoms in total. The van der Waals surface area contributed by atoms with Gasteiger partial charge in [-0.3, -0.25) is 0 Å². The lowest BCUT2D eigenvalue weighted by atomic mass is 8.54. The Hall–Kier alpha value is -0.0400. The van der Waals surface area contributed by atoms with Gasteiger partial charge in [-0.25, -0.2) is 0 Å². The Morgan fingerprint density at radius 1 is 0.326 bits per heavy atom. The molecule has 2 saturated heterocycles. The van der Waals surface area contributed by atoms with Gasteiger partial charge in [0.2, 0.25) is 0 Å². The second-order valence-corrected chi connectivity index (χ2v) is 26.1. The van der Waals surface area contributed by atoms with Crippen molar-refractivity contribution >= 4 is 0 Å². The fourth-order valence-corrected chi connectivity index (χ4v) is 41.1. The minimum atomic E-state index is 0.774. The highest BCUT2D eigenvalue weighted by Crippen LogP contribution is 3.51. The third-order valence-corrected chi connectivity index (χ3v) is 33.7. The molecule has 1 N–H and O–H groups in total. The van der Waals surface area contributed by atoms with Gasteiger partial charge in [-0.05, 0) is 227 Å². The molecule has 2 aliphatic heterocycles. The van der Waals surface area contributed by atoms with Crippen LogP contribution in [0.5, 0.6) is 0 Å². The van der Waals surface area contributed by atoms with Gasteiger partial charge < -0.3 is 5.32 Å². The molecule has 43 heavy (non-hydrogen) atoms. The van der Waals surface area contributed by atoms with Crippen LogP contribution in [-0.2, 0) is 0 Å². The second kappa shape index (κ2) is 2.65. The van der Waals surface area contributed by atoms with E-state index in [4.69, 9.17) is 5.32 Å². The molecule has 2 bridgehead atoms. The van der Waals surface area contributed by atoms with Crippen LogP contribution in [0.1, 0.15) is 32.1 Å². The van der Waals surface area contributed by atoms with Crippen LogP contribution in [-0.4, -0.2) is 12.1 Å². The van der Waals surface area contributed by atoms with Crippen LogP contribution in [0.25, 0.3) is 0 Å². The largest absolute Gasteiger partial charge is 0.310 e. The molecule has 1 heteroatoms. The number of fused-ring (bicyclic) bond motifs is 15. The molecule has 0 aromatic carbocycles. The Morgan fingerprint density at radius 3 is 1.40 bits per heavy atom. The maximum atomic E-state index is 5.04. The van der Waals surface area contributed by atoms with Gasteiger partial charge in [-0.15, -0.1) is 0 Å². The van der Waals surface area contributed by atoms with Crippen molar-refractivity contribution in [2.24, 2.45) is 200 Å². The van der Waals surface area contributed by atoms with Crippen molar-refractivity contribution < 1.29 is 0 Å². The fourth-order valence-electron chi connectivity index (χ4n) is 41.1. The van der Waals surface area contributed by atoms with Crippen LogP contribution in [0, 0.1) is 200 Å². The third kappa shape index (κ3) is 0.425. The van der Waals surface area contributed by atoms with E-state index in [1.165, 1.54) is 125 Å². The summed E-state index contributed by atoms with van der Waals surface area (Å²) in [6.45, 7) is 1.54. The Balaban J connectivity index is 0.896. The maximum absolute atomic E-state index is 5.04. The summed E-state index contributed by atoms with van der Waals surface area (Å²) >= 11 is 0. The van der Waals surface area contributed by atoms with Crippen molar-refractivity contribution in [3.05, 3.63) is 0 Å². The van der Waals surface area contributed by atoms with Crippen LogP contribution < -0.4 is 5.32 Å². The average molecular weight is 552 g/mol. The molecule has 28 rings (SSSR count). The zero-order valence-corrected chi connectivity index (χ0v) is 24.3. The Bertz CT molecular complexity index is 2400. The van der Waals surface area contributed by atoms with E-state index in [9.17, 15) is 0 Å². The van der Waals surface area contributed by atoms with Gasteiger partial charge >= 0.3 is 0 Å². The molecule has 26 aliphatic carbocycles. The molecular formula is C42H33N. The van der Waals surface area contributed by atoms with Gasteiger partial charge in [0, 0.05) is 16.4 Å². The number of rotatable bonds is 0. The van der Waals surface area contributed by atoms with Crippen LogP contribution >= 0.6 is 0 Å². The van der Waals surface area contributed by atoms with E-state index in [0.29, 0.717) is 0 Å². The summed E-state index contributed by atoms with van der Waals surface area (Å²) in [5.74, 6) is 26.5. The number of nitrogens with one attached hydrogen (secondary N) is 1. The summed E-state index contributed by atoms with van der Waals surface area (Å²) in [5, 5.41) is 5.04. The van der Waals surface area contributed by atoms with Crippen LogP contribution in [0.15, 0.2) is 0 Å². The van der Waals surface area contributed by atoms with E-state index < -0.39 is 0 Å². The molecule has 0 radical (unpaired) electrons. The van der Waals surface area contributed by atoms with Crippen LogP contribution in [0.3, 0.4) is 0 Å². The first kappa shape index (κ1) is 15.9. The molecule has 36 unspecified atom stereocenters. The summed E-state index contributed by atoms with van der Waals surface area (Å²) in [6.07, 6.45) is 8.89. The molecule has 36 atom stereocenters. The van der Waals surface area contributed by atoms with E-state index >= 15 is 0 Å². The zero-order valence-electron chi connectivity index (χ0n) is 24.3. The number of hydrogen-bond donors (Lipinski definition) is 1. The van der Waals surface area contributed by atoms with Crippen molar-refractivity contribution in [3.8, 4) is 0 Å². The van der Waals surface area contributed by atoms with Gasteiger partial charge in [0.1, 0.15) is 0 Å². The van der Waals surface area contributed by atoms with Gasteiger partial charge in [0.15, 0.2) is 0 Å². The average Bonchev–Trinajstić information content (AvgIpc) is 3.07. The maximum Gasteiger partial charge on any atom is 0.0357 e. The molecule has 26 saturated carbocycles. The monoisotopic (exact) mass is 551 g/mol. The quantitative estimate of drug-likeness (QED) is 0.484. The van der Waals surface area contributed by atoms with Crippen molar-refractivity contribution in [2.75, 3.05) is 6.54 Å². The normalized spacial score (nSPS) is 126. The fraction of sp³-hybridized carbons (Fsp3) is 1.00. The van der Waals surface area contributed by atoms with E-state index in [1.807, 2.05) is 0 Å². The van der Waals surface area contributed by atoms with Crippen LogP contribution in [0.4, 0.5) is 0 Å². The van der Waals surface area contributed by atoms with E-state index in [1.54, 1.807) is 32.1 Å². The lowest BCUT2D eigenvalue weighted by Gasteiger charge is -3.49. The molecule has 0 amide bonds. The van der Waals surface area contributed by atoms with Crippen LogP contribution in [0.2, 0.25) is 0 Å². The van der Waals surface area contributed by atoms with Crippen molar-refractivity contribution in [3.63, 3.8) is 0 Å². The van der Waals surface area contributed by atoms with E-state index in [-0.39, 0.29) is 0 Å². The lowest BCUT2D eigenvalue weighted by Crippen LogP contribution is -3.49. The van der Waals surface area contributed by atoms with Gasteiger partial charge in [0.05, 0.1) is 0 Å². The molecule has 2 heterocycles. The summed E-state index contributed by atoms with van der Waals surface area (Å²) in [6, 6.07) is 0. The second-order valence-electron chi connectivity index (χ2n) is 26.1. The van der Waals surface area contributed by atoms with E-state index in [2.05, 4.69) is 0 Å². The van der Waals surface area contributed by atoms with Crippen molar-refractivity contribution in [1.82, 2.24) is 5.32 Å². The molecule has 28 fully saturated rings. The minimum Gasteiger partial charge on any atom is -0.310 e. The topological polar surface area (TPSA) is 12.0 Å². The Morgan fingerprint density at radius 2 is 0.744 bits per heavy atom. The van der Waals surface area contributed by atoms with Gasteiger partial charge in [-0.2, -0.15) is 0 Å². The third-order valence-electron chi connectivity index (χ3n) is 33.7. The minimum absolute atomic E-state index is 0.774. The predicted molar refractivity (Wildman–Crippen MR) is 140 cm³/mol. The first-order valence-corrected chi connectivity index (χ1v) is 21.1. The lowest BCUT2D eigenvalue weighted by molar-refractivity contribution is -1.03. The highest BCUT2D eigenvalue weighted by molar-refractivity contribution is 5.96. The summed E-state index contributed by atoms with van der Waals surface area (Å²) in [4.78, 5) is 0.